The predicted octanol–water partition coefficient (Wildman–Crippen LogP) is 3.38. The van der Waals surface area contributed by atoms with E-state index >= 15 is 0 Å². The Morgan fingerprint density at radius 2 is 1.56 bits per heavy atom. The molecule has 0 atom stereocenters. The number of benzene rings is 1. The molecule has 1 aromatic carbocycles. The molecule has 0 aliphatic carbocycles. The number of hydrogen-bond acceptors (Lipinski definition) is 1. The molecule has 0 fully saturated rings. The normalized spacial score (nSPS) is 9.75. The Labute approximate surface area is 97.4 Å². The fourth-order valence-corrected chi connectivity index (χ4v) is 1.76. The van der Waals surface area contributed by atoms with Crippen molar-refractivity contribution in [3.05, 3.63) is 66.8 Å². The second kappa shape index (κ2) is 5.96. The van der Waals surface area contributed by atoms with Crippen LogP contribution in [0.4, 0.5) is 0 Å². The van der Waals surface area contributed by atoms with E-state index in [1.165, 1.54) is 0 Å². The van der Waals surface area contributed by atoms with Crippen molar-refractivity contribution in [2.75, 3.05) is 0 Å². The summed E-state index contributed by atoms with van der Waals surface area (Å²) in [7, 11) is 0. The highest BCUT2D eigenvalue weighted by Gasteiger charge is 2.10. The number of phenolic OH excluding ortho intramolecular Hbond substituents is 1. The van der Waals surface area contributed by atoms with E-state index in [0.29, 0.717) is 6.42 Å². The lowest BCUT2D eigenvalue weighted by Crippen LogP contribution is -1.99. The van der Waals surface area contributed by atoms with Gasteiger partial charge in [0, 0.05) is 5.56 Å². The van der Waals surface area contributed by atoms with Gasteiger partial charge in [0.2, 0.25) is 0 Å². The van der Waals surface area contributed by atoms with Crippen LogP contribution >= 0.6 is 0 Å². The minimum atomic E-state index is 0.282. The van der Waals surface area contributed by atoms with Gasteiger partial charge in [-0.3, -0.25) is 0 Å². The van der Waals surface area contributed by atoms with Crippen LogP contribution in [0.15, 0.2) is 44.0 Å². The van der Waals surface area contributed by atoms with Gasteiger partial charge in [0.25, 0.3) is 0 Å². The smallest absolute Gasteiger partial charge is 0.120 e. The summed E-state index contributed by atoms with van der Waals surface area (Å²) in [6, 6.07) is 4.70. The van der Waals surface area contributed by atoms with Crippen LogP contribution in [0, 0.1) is 6.07 Å². The summed E-state index contributed by atoms with van der Waals surface area (Å²) in [5, 5.41) is 9.80. The molecule has 0 unspecified atom stereocenters. The maximum Gasteiger partial charge on any atom is 0.120 e. The molecule has 0 aliphatic rings. The maximum atomic E-state index is 9.80. The molecule has 0 saturated carbocycles. The van der Waals surface area contributed by atoms with Crippen LogP contribution in [0.1, 0.15) is 16.7 Å². The van der Waals surface area contributed by atoms with Gasteiger partial charge in [-0.25, -0.2) is 0 Å². The van der Waals surface area contributed by atoms with Gasteiger partial charge in [-0.2, -0.15) is 0 Å². The Kier molecular flexibility index (Phi) is 4.59. The molecule has 83 valence electrons. The first-order valence-electron chi connectivity index (χ1n) is 5.31. The van der Waals surface area contributed by atoms with Crippen LogP contribution in [-0.4, -0.2) is 5.11 Å². The summed E-state index contributed by atoms with van der Waals surface area (Å²) in [6.45, 7) is 11.2. The molecule has 0 bridgehead atoms. The van der Waals surface area contributed by atoms with Crippen LogP contribution < -0.4 is 0 Å². The Balaban J connectivity index is 3.28. The van der Waals surface area contributed by atoms with Gasteiger partial charge in [-0.1, -0.05) is 18.2 Å². The first kappa shape index (κ1) is 12.3. The molecule has 1 N–H and O–H groups in total. The minimum absolute atomic E-state index is 0.282. The second-order valence-electron chi connectivity index (χ2n) is 3.59. The first-order chi connectivity index (χ1) is 7.74. The Bertz CT molecular complexity index is 402. The monoisotopic (exact) mass is 213 g/mol. The minimum Gasteiger partial charge on any atom is -0.508 e. The molecule has 1 radical (unpaired) electrons. The van der Waals surface area contributed by atoms with Crippen molar-refractivity contribution >= 4 is 0 Å². The van der Waals surface area contributed by atoms with Gasteiger partial charge in [0.15, 0.2) is 0 Å². The van der Waals surface area contributed by atoms with Gasteiger partial charge in [0.05, 0.1) is 0 Å². The number of hydrogen-bond donors (Lipinski definition) is 1. The number of phenols is 1. The Morgan fingerprint density at radius 1 is 1.00 bits per heavy atom. The topological polar surface area (TPSA) is 20.2 Å². The van der Waals surface area contributed by atoms with Gasteiger partial charge >= 0.3 is 0 Å². The highest BCUT2D eigenvalue weighted by molar-refractivity contribution is 5.46. The molecule has 0 aromatic heterocycles. The van der Waals surface area contributed by atoms with Gasteiger partial charge in [-0.05, 0) is 42.5 Å². The van der Waals surface area contributed by atoms with E-state index in [9.17, 15) is 5.11 Å². The molecule has 0 aliphatic heterocycles. The largest absolute Gasteiger partial charge is 0.508 e. The fourth-order valence-electron chi connectivity index (χ4n) is 1.76. The zero-order valence-electron chi connectivity index (χ0n) is 9.50. The SMILES string of the molecule is C=CCc1[c]cc(O)c(CC=C)c1CC=C. The predicted molar refractivity (Wildman–Crippen MR) is 68.6 cm³/mol. The van der Waals surface area contributed by atoms with Crippen LogP contribution in [0.25, 0.3) is 0 Å². The zero-order chi connectivity index (χ0) is 12.0. The van der Waals surface area contributed by atoms with E-state index in [1.54, 1.807) is 12.1 Å². The first-order valence-corrected chi connectivity index (χ1v) is 5.31. The van der Waals surface area contributed by atoms with E-state index in [4.69, 9.17) is 0 Å². The van der Waals surface area contributed by atoms with Crippen LogP contribution in [0.2, 0.25) is 0 Å². The standard InChI is InChI=1S/C15H17O/c1-4-7-12-10-11-15(16)14(9-6-3)13(12)8-5-2/h4-6,11,16H,1-3,7-9H2. The molecule has 0 heterocycles. The van der Waals surface area contributed by atoms with Crippen LogP contribution in [0.5, 0.6) is 5.75 Å². The van der Waals surface area contributed by atoms with Crippen molar-refractivity contribution in [1.82, 2.24) is 0 Å². The average molecular weight is 213 g/mol. The summed E-state index contributed by atoms with van der Waals surface area (Å²) in [5.41, 5.74) is 3.09. The molecule has 0 amide bonds. The number of allylic oxidation sites excluding steroid dienone is 3. The van der Waals surface area contributed by atoms with Crippen molar-refractivity contribution < 1.29 is 5.11 Å². The lowest BCUT2D eigenvalue weighted by Gasteiger charge is -2.13. The molecular weight excluding hydrogens is 196 g/mol. The molecule has 1 nitrogen and oxygen atoms in total. The number of aromatic hydroxyl groups is 1. The zero-order valence-corrected chi connectivity index (χ0v) is 9.50. The summed E-state index contributed by atoms with van der Waals surface area (Å²) in [6.07, 6.45) is 7.62. The van der Waals surface area contributed by atoms with E-state index in [-0.39, 0.29) is 5.75 Å². The van der Waals surface area contributed by atoms with Crippen LogP contribution in [-0.2, 0) is 19.3 Å². The van der Waals surface area contributed by atoms with Crippen LogP contribution in [0.3, 0.4) is 0 Å². The highest BCUT2D eigenvalue weighted by atomic mass is 16.3. The lowest BCUT2D eigenvalue weighted by atomic mass is 9.93. The molecule has 16 heavy (non-hydrogen) atoms. The van der Waals surface area contributed by atoms with Gasteiger partial charge in [0.1, 0.15) is 5.75 Å². The molecule has 0 saturated heterocycles. The van der Waals surface area contributed by atoms with Crippen molar-refractivity contribution in [2.45, 2.75) is 19.3 Å². The Hall–Kier alpha value is -1.76. The average Bonchev–Trinajstić information content (AvgIpc) is 2.27. The molecule has 1 aromatic rings. The maximum absolute atomic E-state index is 9.80. The van der Waals surface area contributed by atoms with Crippen molar-refractivity contribution in [1.29, 1.82) is 0 Å². The molecule has 1 rings (SSSR count). The summed E-state index contributed by atoms with van der Waals surface area (Å²) in [5.74, 6) is 0.282. The van der Waals surface area contributed by atoms with E-state index in [0.717, 1.165) is 29.5 Å². The van der Waals surface area contributed by atoms with E-state index in [1.807, 2.05) is 12.2 Å². The second-order valence-corrected chi connectivity index (χ2v) is 3.59. The molecular formula is C15H17O. The summed E-state index contributed by atoms with van der Waals surface area (Å²) < 4.78 is 0. The van der Waals surface area contributed by atoms with Crippen molar-refractivity contribution in [3.63, 3.8) is 0 Å². The van der Waals surface area contributed by atoms with E-state index in [2.05, 4.69) is 25.8 Å². The summed E-state index contributed by atoms with van der Waals surface area (Å²) >= 11 is 0. The third kappa shape index (κ3) is 2.63. The number of rotatable bonds is 6. The van der Waals surface area contributed by atoms with E-state index < -0.39 is 0 Å². The van der Waals surface area contributed by atoms with Crippen molar-refractivity contribution in [2.24, 2.45) is 0 Å². The highest BCUT2D eigenvalue weighted by Crippen LogP contribution is 2.26. The van der Waals surface area contributed by atoms with Gasteiger partial charge in [-0.15, -0.1) is 19.7 Å². The third-order valence-electron chi connectivity index (χ3n) is 2.47. The fraction of sp³-hybridized carbons (Fsp3) is 0.200. The van der Waals surface area contributed by atoms with Crippen molar-refractivity contribution in [3.8, 4) is 5.75 Å². The Morgan fingerprint density at radius 3 is 2.12 bits per heavy atom. The quantitative estimate of drug-likeness (QED) is 0.718. The summed E-state index contributed by atoms with van der Waals surface area (Å²) in [4.78, 5) is 0. The third-order valence-corrected chi connectivity index (χ3v) is 2.47. The van der Waals surface area contributed by atoms with Gasteiger partial charge < -0.3 is 5.11 Å². The molecule has 1 heteroatoms. The lowest BCUT2D eigenvalue weighted by molar-refractivity contribution is 0.468. The molecule has 0 spiro atoms.